The number of amides is 1. The third-order valence-electron chi connectivity index (χ3n) is 5.07. The molecule has 1 atom stereocenters. The first-order valence-electron chi connectivity index (χ1n) is 8.36. The Morgan fingerprint density at radius 2 is 2.09 bits per heavy atom. The average Bonchev–Trinajstić information content (AvgIpc) is 3.25. The molecule has 4 nitrogen and oxygen atoms in total. The van der Waals surface area contributed by atoms with Crippen molar-refractivity contribution < 1.29 is 4.79 Å². The fourth-order valence-electron chi connectivity index (χ4n) is 3.17. The van der Waals surface area contributed by atoms with Crippen LogP contribution < -0.4 is 0 Å². The molecular formula is C17H27N3OS. The van der Waals surface area contributed by atoms with Crippen LogP contribution in [0.5, 0.6) is 0 Å². The zero-order chi connectivity index (χ0) is 15.5. The summed E-state index contributed by atoms with van der Waals surface area (Å²) in [6, 6.07) is 4.84. The van der Waals surface area contributed by atoms with E-state index < -0.39 is 0 Å². The van der Waals surface area contributed by atoms with Gasteiger partial charge in [0.1, 0.15) is 0 Å². The van der Waals surface area contributed by atoms with Gasteiger partial charge in [-0.1, -0.05) is 6.07 Å². The van der Waals surface area contributed by atoms with Crippen molar-refractivity contribution in [1.82, 2.24) is 14.7 Å². The molecule has 1 saturated carbocycles. The Morgan fingerprint density at radius 1 is 1.36 bits per heavy atom. The Labute approximate surface area is 137 Å². The zero-order valence-electron chi connectivity index (χ0n) is 13.7. The lowest BCUT2D eigenvalue weighted by molar-refractivity contribution is -0.134. The van der Waals surface area contributed by atoms with Gasteiger partial charge in [-0.2, -0.15) is 0 Å². The van der Waals surface area contributed by atoms with E-state index in [-0.39, 0.29) is 0 Å². The second-order valence-corrected chi connectivity index (χ2v) is 7.76. The molecule has 2 fully saturated rings. The SMILES string of the molecule is CC(C1CC1)N(C)CC(=O)N1CCN(Cc2cccs2)CC1. The fraction of sp³-hybridized carbons (Fsp3) is 0.706. The molecule has 0 spiro atoms. The fourth-order valence-corrected chi connectivity index (χ4v) is 3.92. The first-order chi connectivity index (χ1) is 10.6. The minimum atomic E-state index is 0.297. The van der Waals surface area contributed by atoms with E-state index in [4.69, 9.17) is 0 Å². The number of rotatable bonds is 6. The highest BCUT2D eigenvalue weighted by Gasteiger charge is 2.32. The highest BCUT2D eigenvalue weighted by atomic mass is 32.1. The normalized spacial score (nSPS) is 21.3. The number of hydrogen-bond donors (Lipinski definition) is 0. The van der Waals surface area contributed by atoms with Crippen LogP contribution >= 0.6 is 11.3 Å². The highest BCUT2D eigenvalue weighted by Crippen LogP contribution is 2.34. The molecule has 3 rings (SSSR count). The highest BCUT2D eigenvalue weighted by molar-refractivity contribution is 7.09. The molecule has 0 N–H and O–H groups in total. The molecular weight excluding hydrogens is 294 g/mol. The Bertz CT molecular complexity index is 478. The van der Waals surface area contributed by atoms with Gasteiger partial charge >= 0.3 is 0 Å². The van der Waals surface area contributed by atoms with Crippen molar-refractivity contribution in [2.45, 2.75) is 32.4 Å². The molecule has 5 heteroatoms. The predicted molar refractivity (Wildman–Crippen MR) is 91.0 cm³/mol. The molecule has 22 heavy (non-hydrogen) atoms. The standard InChI is InChI=1S/C17H27N3OS/c1-14(15-5-6-15)18(2)13-17(21)20-9-7-19(8-10-20)12-16-4-3-11-22-16/h3-4,11,14-15H,5-10,12-13H2,1-2H3. The van der Waals surface area contributed by atoms with Crippen molar-refractivity contribution in [3.8, 4) is 0 Å². The van der Waals surface area contributed by atoms with Crippen molar-refractivity contribution in [3.63, 3.8) is 0 Å². The lowest BCUT2D eigenvalue weighted by atomic mass is 10.2. The molecule has 0 aromatic carbocycles. The minimum absolute atomic E-state index is 0.297. The van der Waals surface area contributed by atoms with Crippen molar-refractivity contribution >= 4 is 17.2 Å². The van der Waals surface area contributed by atoms with Crippen LogP contribution in [0.2, 0.25) is 0 Å². The molecule has 2 aliphatic rings. The van der Waals surface area contributed by atoms with Crippen molar-refractivity contribution in [2.24, 2.45) is 5.92 Å². The summed E-state index contributed by atoms with van der Waals surface area (Å²) >= 11 is 1.81. The Hall–Kier alpha value is -0.910. The van der Waals surface area contributed by atoms with Gasteiger partial charge in [-0.25, -0.2) is 0 Å². The second-order valence-electron chi connectivity index (χ2n) is 6.73. The maximum absolute atomic E-state index is 12.4. The van der Waals surface area contributed by atoms with Crippen LogP contribution in [0.1, 0.15) is 24.6 Å². The Kier molecular flexibility index (Phi) is 5.16. The summed E-state index contributed by atoms with van der Waals surface area (Å²) in [5, 5.41) is 2.13. The van der Waals surface area contributed by atoms with Crippen molar-refractivity contribution in [3.05, 3.63) is 22.4 Å². The topological polar surface area (TPSA) is 26.8 Å². The molecule has 0 bridgehead atoms. The zero-order valence-corrected chi connectivity index (χ0v) is 14.5. The average molecular weight is 321 g/mol. The summed E-state index contributed by atoms with van der Waals surface area (Å²) in [4.78, 5) is 20.6. The third kappa shape index (κ3) is 4.09. The molecule has 1 saturated heterocycles. The van der Waals surface area contributed by atoms with E-state index in [0.717, 1.165) is 38.6 Å². The molecule has 0 radical (unpaired) electrons. The summed E-state index contributed by atoms with van der Waals surface area (Å²) in [6.07, 6.45) is 2.67. The van der Waals surface area contributed by atoms with Gasteiger partial charge in [-0.15, -0.1) is 11.3 Å². The molecule has 1 aliphatic heterocycles. The number of carbonyl (C=O) groups is 1. The minimum Gasteiger partial charge on any atom is -0.339 e. The molecule has 1 aromatic heterocycles. The van der Waals surface area contributed by atoms with Crippen LogP contribution in [0.15, 0.2) is 17.5 Å². The molecule has 122 valence electrons. The third-order valence-corrected chi connectivity index (χ3v) is 5.93. The second kappa shape index (κ2) is 7.11. The van der Waals surface area contributed by atoms with E-state index >= 15 is 0 Å². The van der Waals surface area contributed by atoms with Crippen molar-refractivity contribution in [1.29, 1.82) is 0 Å². The van der Waals surface area contributed by atoms with E-state index in [1.165, 1.54) is 17.7 Å². The Balaban J connectivity index is 1.41. The van der Waals surface area contributed by atoms with E-state index in [1.807, 2.05) is 16.2 Å². The van der Waals surface area contributed by atoms with Crippen molar-refractivity contribution in [2.75, 3.05) is 39.8 Å². The lowest BCUT2D eigenvalue weighted by Crippen LogP contribution is -2.51. The lowest BCUT2D eigenvalue weighted by Gasteiger charge is -2.36. The van der Waals surface area contributed by atoms with Gasteiger partial charge in [-0.05, 0) is 44.2 Å². The first kappa shape index (κ1) is 16.0. The molecule has 1 unspecified atom stereocenters. The number of likely N-dealkylation sites (N-methyl/N-ethyl adjacent to an activating group) is 1. The van der Waals surface area contributed by atoms with Gasteiger partial charge < -0.3 is 4.90 Å². The monoisotopic (exact) mass is 321 g/mol. The molecule has 1 amide bonds. The Morgan fingerprint density at radius 3 is 2.68 bits per heavy atom. The van der Waals surface area contributed by atoms with Crippen LogP contribution in [0.3, 0.4) is 0 Å². The summed E-state index contributed by atoms with van der Waals surface area (Å²) in [5.41, 5.74) is 0. The van der Waals surface area contributed by atoms with E-state index in [2.05, 4.69) is 41.3 Å². The smallest absolute Gasteiger partial charge is 0.236 e. The van der Waals surface area contributed by atoms with Crippen LogP contribution in [0.4, 0.5) is 0 Å². The summed E-state index contributed by atoms with van der Waals surface area (Å²) in [6.45, 7) is 7.58. The largest absolute Gasteiger partial charge is 0.339 e. The van der Waals surface area contributed by atoms with Gasteiger partial charge in [0.2, 0.25) is 5.91 Å². The van der Waals surface area contributed by atoms with E-state index in [9.17, 15) is 4.79 Å². The van der Waals surface area contributed by atoms with Gasteiger partial charge in [-0.3, -0.25) is 14.6 Å². The van der Waals surface area contributed by atoms with Crippen LogP contribution in [0, 0.1) is 5.92 Å². The number of nitrogens with zero attached hydrogens (tertiary/aromatic N) is 3. The van der Waals surface area contributed by atoms with Crippen LogP contribution in [-0.2, 0) is 11.3 Å². The van der Waals surface area contributed by atoms with Gasteiger partial charge in [0.05, 0.1) is 6.54 Å². The van der Waals surface area contributed by atoms with E-state index in [1.54, 1.807) is 0 Å². The summed E-state index contributed by atoms with van der Waals surface area (Å²) in [7, 11) is 2.09. The first-order valence-corrected chi connectivity index (χ1v) is 9.24. The quantitative estimate of drug-likeness (QED) is 0.803. The van der Waals surface area contributed by atoms with E-state index in [0.29, 0.717) is 18.5 Å². The molecule has 1 aliphatic carbocycles. The van der Waals surface area contributed by atoms with Gasteiger partial charge in [0.15, 0.2) is 0 Å². The number of piperazine rings is 1. The summed E-state index contributed by atoms with van der Waals surface area (Å²) < 4.78 is 0. The molecule has 2 heterocycles. The number of carbonyl (C=O) groups excluding carboxylic acids is 1. The maximum Gasteiger partial charge on any atom is 0.236 e. The number of hydrogen-bond acceptors (Lipinski definition) is 4. The van der Waals surface area contributed by atoms with Gasteiger partial charge in [0, 0.05) is 43.6 Å². The van der Waals surface area contributed by atoms with Crippen LogP contribution in [0.25, 0.3) is 0 Å². The van der Waals surface area contributed by atoms with Gasteiger partial charge in [0.25, 0.3) is 0 Å². The summed E-state index contributed by atoms with van der Waals surface area (Å²) in [5.74, 6) is 1.12. The predicted octanol–water partition coefficient (Wildman–Crippen LogP) is 2.12. The van der Waals surface area contributed by atoms with Crippen LogP contribution in [-0.4, -0.2) is 66.4 Å². The molecule has 1 aromatic rings. The maximum atomic E-state index is 12.4. The number of thiophene rings is 1.